The summed E-state index contributed by atoms with van der Waals surface area (Å²) < 4.78 is 28.6. The van der Waals surface area contributed by atoms with Crippen LogP contribution in [0, 0.1) is 17.0 Å². The highest BCUT2D eigenvalue weighted by Crippen LogP contribution is 2.33. The molecule has 0 saturated carbocycles. The number of anilines is 1. The van der Waals surface area contributed by atoms with Crippen LogP contribution in [0.15, 0.2) is 12.1 Å². The first-order valence-electron chi connectivity index (χ1n) is 7.27. The quantitative estimate of drug-likeness (QED) is 0.647. The molecule has 2 aliphatic rings. The second kappa shape index (κ2) is 5.26. The number of likely N-dealkylation sites (N-methyl/N-ethyl adjacent to an activating group) is 1. The maximum Gasteiger partial charge on any atom is 0.150 e. The normalized spacial score (nSPS) is 26.0. The van der Waals surface area contributed by atoms with E-state index in [4.69, 9.17) is 11.1 Å². The molecule has 2 saturated heterocycles. The third-order valence-electron chi connectivity index (χ3n) is 4.79. The Morgan fingerprint density at radius 1 is 1.19 bits per heavy atom. The summed E-state index contributed by atoms with van der Waals surface area (Å²) >= 11 is 0. The van der Waals surface area contributed by atoms with Crippen molar-refractivity contribution >= 4 is 11.5 Å². The molecule has 2 unspecified atom stereocenters. The first kappa shape index (κ1) is 14.3. The molecule has 6 heteroatoms. The van der Waals surface area contributed by atoms with E-state index in [0.717, 1.165) is 25.0 Å². The van der Waals surface area contributed by atoms with Gasteiger partial charge in [0.15, 0.2) is 0 Å². The summed E-state index contributed by atoms with van der Waals surface area (Å²) in [6, 6.07) is 3.16. The minimum absolute atomic E-state index is 0.0148. The van der Waals surface area contributed by atoms with Gasteiger partial charge in [-0.05, 0) is 38.4 Å². The van der Waals surface area contributed by atoms with Crippen molar-refractivity contribution in [1.82, 2.24) is 4.90 Å². The van der Waals surface area contributed by atoms with Gasteiger partial charge in [-0.1, -0.05) is 0 Å². The number of hydrogen-bond acceptors (Lipinski definition) is 3. The average molecular weight is 294 g/mol. The van der Waals surface area contributed by atoms with E-state index in [9.17, 15) is 8.78 Å². The molecular weight excluding hydrogens is 274 g/mol. The fourth-order valence-corrected chi connectivity index (χ4v) is 3.53. The fourth-order valence-electron chi connectivity index (χ4n) is 3.53. The van der Waals surface area contributed by atoms with Crippen molar-refractivity contribution in [1.29, 1.82) is 5.41 Å². The van der Waals surface area contributed by atoms with Crippen LogP contribution in [0.3, 0.4) is 0 Å². The summed E-state index contributed by atoms with van der Waals surface area (Å²) in [6.07, 6.45) is 3.16. The molecule has 2 bridgehead atoms. The largest absolute Gasteiger partial charge is 0.384 e. The van der Waals surface area contributed by atoms with Crippen molar-refractivity contribution in [2.75, 3.05) is 25.0 Å². The Labute approximate surface area is 123 Å². The average Bonchev–Trinajstić information content (AvgIpc) is 2.65. The van der Waals surface area contributed by atoms with Crippen LogP contribution in [0.25, 0.3) is 0 Å². The Kier molecular flexibility index (Phi) is 3.57. The lowest BCUT2D eigenvalue weighted by Gasteiger charge is -2.28. The van der Waals surface area contributed by atoms with E-state index in [-0.39, 0.29) is 17.1 Å². The Bertz CT molecular complexity index is 552. The number of amidine groups is 1. The highest BCUT2D eigenvalue weighted by Gasteiger charge is 2.36. The van der Waals surface area contributed by atoms with Gasteiger partial charge in [0.2, 0.25) is 0 Å². The molecule has 2 fully saturated rings. The minimum atomic E-state index is -0.638. The summed E-state index contributed by atoms with van der Waals surface area (Å²) in [7, 11) is 2.09. The highest BCUT2D eigenvalue weighted by molar-refractivity contribution is 5.95. The van der Waals surface area contributed by atoms with Gasteiger partial charge in [0.1, 0.15) is 23.2 Å². The van der Waals surface area contributed by atoms with E-state index in [1.165, 1.54) is 6.42 Å². The van der Waals surface area contributed by atoms with Crippen molar-refractivity contribution in [3.05, 3.63) is 29.3 Å². The molecule has 3 rings (SSSR count). The lowest BCUT2D eigenvalue weighted by atomic mass is 10.1. The van der Waals surface area contributed by atoms with Gasteiger partial charge >= 0.3 is 0 Å². The highest BCUT2D eigenvalue weighted by atomic mass is 19.1. The van der Waals surface area contributed by atoms with E-state index in [1.54, 1.807) is 4.90 Å². The molecule has 0 amide bonds. The molecule has 114 valence electrons. The maximum atomic E-state index is 14.3. The van der Waals surface area contributed by atoms with Gasteiger partial charge in [-0.2, -0.15) is 0 Å². The molecule has 0 spiro atoms. The number of hydrogen-bond donors (Lipinski definition) is 2. The van der Waals surface area contributed by atoms with E-state index >= 15 is 0 Å². The molecule has 0 aliphatic carbocycles. The second-order valence-electron chi connectivity index (χ2n) is 5.99. The molecule has 0 radical (unpaired) electrons. The molecular formula is C15H20F2N4. The lowest BCUT2D eigenvalue weighted by molar-refractivity contribution is 0.254. The first-order valence-corrected chi connectivity index (χ1v) is 7.27. The monoisotopic (exact) mass is 294 g/mol. The van der Waals surface area contributed by atoms with Crippen LogP contribution in [-0.2, 0) is 0 Å². The third-order valence-corrected chi connectivity index (χ3v) is 4.79. The number of benzene rings is 1. The van der Waals surface area contributed by atoms with Gasteiger partial charge in [-0.15, -0.1) is 0 Å². The van der Waals surface area contributed by atoms with Gasteiger partial charge < -0.3 is 10.6 Å². The summed E-state index contributed by atoms with van der Waals surface area (Å²) in [5.74, 6) is -1.60. The second-order valence-corrected chi connectivity index (χ2v) is 5.99. The van der Waals surface area contributed by atoms with E-state index in [2.05, 4.69) is 11.9 Å². The maximum absolute atomic E-state index is 14.3. The van der Waals surface area contributed by atoms with Crippen molar-refractivity contribution in [3.63, 3.8) is 0 Å². The Morgan fingerprint density at radius 3 is 2.43 bits per heavy atom. The molecule has 1 aromatic rings. The molecule has 2 aliphatic heterocycles. The SMILES string of the molecule is CN1C2CCC1CN(c1c(F)cc(C(=N)N)cc1F)CC2. The van der Waals surface area contributed by atoms with Gasteiger partial charge in [-0.3, -0.25) is 10.3 Å². The number of halogens is 2. The summed E-state index contributed by atoms with van der Waals surface area (Å²) in [5, 5.41) is 7.30. The number of nitrogens with zero attached hydrogens (tertiary/aromatic N) is 2. The third kappa shape index (κ3) is 2.48. The predicted molar refractivity (Wildman–Crippen MR) is 78.8 cm³/mol. The summed E-state index contributed by atoms with van der Waals surface area (Å²) in [4.78, 5) is 4.13. The fraction of sp³-hybridized carbons (Fsp3) is 0.533. The van der Waals surface area contributed by atoms with Crippen LogP contribution in [0.2, 0.25) is 0 Å². The zero-order chi connectivity index (χ0) is 15.1. The van der Waals surface area contributed by atoms with Gasteiger partial charge in [0, 0.05) is 30.7 Å². The van der Waals surface area contributed by atoms with E-state index in [1.807, 2.05) is 0 Å². The van der Waals surface area contributed by atoms with Gasteiger partial charge in [0.25, 0.3) is 0 Å². The zero-order valence-corrected chi connectivity index (χ0v) is 12.1. The minimum Gasteiger partial charge on any atom is -0.384 e. The van der Waals surface area contributed by atoms with Crippen LogP contribution >= 0.6 is 0 Å². The standard InChI is InChI=1S/C15H20F2N4/c1-20-10-2-3-11(20)8-21(5-4-10)14-12(16)6-9(15(18)19)7-13(14)17/h6-7,10-11H,2-5,8H2,1H3,(H3,18,19). The molecule has 21 heavy (non-hydrogen) atoms. The predicted octanol–water partition coefficient (Wildman–Crippen LogP) is 1.92. The number of rotatable bonds is 2. The van der Waals surface area contributed by atoms with E-state index in [0.29, 0.717) is 25.2 Å². The van der Waals surface area contributed by atoms with Crippen molar-refractivity contribution < 1.29 is 8.78 Å². The van der Waals surface area contributed by atoms with Gasteiger partial charge in [0.05, 0.1) is 0 Å². The molecule has 2 heterocycles. The Morgan fingerprint density at radius 2 is 1.81 bits per heavy atom. The summed E-state index contributed by atoms with van der Waals surface area (Å²) in [5.41, 5.74) is 5.40. The van der Waals surface area contributed by atoms with Gasteiger partial charge in [-0.25, -0.2) is 8.78 Å². The molecule has 2 atom stereocenters. The van der Waals surface area contributed by atoms with Crippen molar-refractivity contribution in [3.8, 4) is 0 Å². The number of fused-ring (bicyclic) bond motifs is 2. The molecule has 0 aromatic heterocycles. The Hall–Kier alpha value is -1.69. The number of nitrogens with two attached hydrogens (primary N) is 1. The van der Waals surface area contributed by atoms with E-state index < -0.39 is 11.6 Å². The Balaban J connectivity index is 1.92. The van der Waals surface area contributed by atoms with Crippen LogP contribution in [0.1, 0.15) is 24.8 Å². The topological polar surface area (TPSA) is 56.4 Å². The van der Waals surface area contributed by atoms with Crippen molar-refractivity contribution in [2.24, 2.45) is 5.73 Å². The van der Waals surface area contributed by atoms with Crippen molar-refractivity contribution in [2.45, 2.75) is 31.3 Å². The molecule has 4 nitrogen and oxygen atoms in total. The molecule has 3 N–H and O–H groups in total. The lowest BCUT2D eigenvalue weighted by Crippen LogP contribution is -2.37. The smallest absolute Gasteiger partial charge is 0.150 e. The van der Waals surface area contributed by atoms with Crippen LogP contribution in [0.5, 0.6) is 0 Å². The van der Waals surface area contributed by atoms with Crippen LogP contribution in [-0.4, -0.2) is 43.0 Å². The number of nitrogens with one attached hydrogen (secondary N) is 1. The van der Waals surface area contributed by atoms with Crippen LogP contribution < -0.4 is 10.6 Å². The number of nitrogen functional groups attached to an aromatic ring is 1. The zero-order valence-electron chi connectivity index (χ0n) is 12.1. The molecule has 1 aromatic carbocycles. The summed E-state index contributed by atoms with van der Waals surface area (Å²) in [6.45, 7) is 1.29. The van der Waals surface area contributed by atoms with Crippen LogP contribution in [0.4, 0.5) is 14.5 Å². The first-order chi connectivity index (χ1) is 9.97.